The lowest BCUT2D eigenvalue weighted by molar-refractivity contribution is 0.0195. The lowest BCUT2D eigenvalue weighted by atomic mass is 9.68. The molecule has 2 aromatic rings. The molecule has 2 aliphatic rings. The molecule has 0 N–H and O–H groups in total. The molecule has 126 valence electrons. The van der Waals surface area contributed by atoms with Gasteiger partial charge in [-0.25, -0.2) is 0 Å². The fourth-order valence-corrected chi connectivity index (χ4v) is 4.82. The minimum absolute atomic E-state index is 0.226. The third-order valence-electron chi connectivity index (χ3n) is 6.33. The number of rotatable bonds is 1. The molecule has 1 aliphatic heterocycles. The topological polar surface area (TPSA) is 20.3 Å². The average Bonchev–Trinajstić information content (AvgIpc) is 2.64. The predicted octanol–water partition coefficient (Wildman–Crippen LogP) is 5.41. The van der Waals surface area contributed by atoms with Crippen molar-refractivity contribution in [2.75, 3.05) is 6.54 Å². The monoisotopic (exact) mass is 321 g/mol. The van der Waals surface area contributed by atoms with Crippen molar-refractivity contribution in [2.24, 2.45) is 5.41 Å². The summed E-state index contributed by atoms with van der Waals surface area (Å²) in [6.45, 7) is 3.18. The van der Waals surface area contributed by atoms with Gasteiger partial charge in [0.25, 0.3) is 5.91 Å². The summed E-state index contributed by atoms with van der Waals surface area (Å²) >= 11 is 0. The Morgan fingerprint density at radius 1 is 1.00 bits per heavy atom. The smallest absolute Gasteiger partial charge is 0.254 e. The standard InChI is InChI=1S/C22H27NO/c1-17-12-15-22(13-5-2-6-14-22)16-23(17)21(24)20-11-7-9-18-8-3-4-10-19(18)20/h3-4,7-11,17H,2,5-6,12-16H2,1H3/t17-/m0/s1. The van der Waals surface area contributed by atoms with Crippen LogP contribution < -0.4 is 0 Å². The first-order valence-electron chi connectivity index (χ1n) is 9.47. The third-order valence-corrected chi connectivity index (χ3v) is 6.33. The molecule has 1 spiro atoms. The number of benzene rings is 2. The van der Waals surface area contributed by atoms with Gasteiger partial charge in [-0.2, -0.15) is 0 Å². The maximum absolute atomic E-state index is 13.4. The number of hydrogen-bond acceptors (Lipinski definition) is 1. The maximum Gasteiger partial charge on any atom is 0.254 e. The molecule has 2 fully saturated rings. The number of piperidine rings is 1. The van der Waals surface area contributed by atoms with Crippen LogP contribution in [0.25, 0.3) is 10.8 Å². The normalized spacial score (nSPS) is 23.5. The zero-order chi connectivity index (χ0) is 16.6. The van der Waals surface area contributed by atoms with Gasteiger partial charge in [0.05, 0.1) is 0 Å². The van der Waals surface area contributed by atoms with E-state index in [1.165, 1.54) is 38.5 Å². The van der Waals surface area contributed by atoms with Crippen LogP contribution in [0, 0.1) is 5.41 Å². The molecule has 1 saturated heterocycles. The molecule has 4 rings (SSSR count). The third kappa shape index (κ3) is 2.72. The summed E-state index contributed by atoms with van der Waals surface area (Å²) < 4.78 is 0. The number of fused-ring (bicyclic) bond motifs is 1. The summed E-state index contributed by atoms with van der Waals surface area (Å²) in [6.07, 6.45) is 9.10. The molecule has 1 aliphatic carbocycles. The minimum atomic E-state index is 0.226. The largest absolute Gasteiger partial charge is 0.335 e. The van der Waals surface area contributed by atoms with Crippen LogP contribution in [0.4, 0.5) is 0 Å². The number of hydrogen-bond donors (Lipinski definition) is 0. The Morgan fingerprint density at radius 3 is 2.58 bits per heavy atom. The molecule has 0 bridgehead atoms. The average molecular weight is 321 g/mol. The second kappa shape index (κ2) is 6.23. The van der Waals surface area contributed by atoms with Gasteiger partial charge in [-0.3, -0.25) is 4.79 Å². The van der Waals surface area contributed by atoms with Crippen LogP contribution in [0.1, 0.15) is 62.2 Å². The van der Waals surface area contributed by atoms with E-state index in [1.54, 1.807) is 0 Å². The molecule has 0 unspecified atom stereocenters. The number of carbonyl (C=O) groups excluding carboxylic acids is 1. The van der Waals surface area contributed by atoms with E-state index in [4.69, 9.17) is 0 Å². The highest BCUT2D eigenvalue weighted by Crippen LogP contribution is 2.45. The summed E-state index contributed by atoms with van der Waals surface area (Å²) in [7, 11) is 0. The van der Waals surface area contributed by atoms with Gasteiger partial charge < -0.3 is 4.90 Å². The van der Waals surface area contributed by atoms with Gasteiger partial charge in [0.1, 0.15) is 0 Å². The molecule has 2 nitrogen and oxygen atoms in total. The molecule has 1 atom stereocenters. The first kappa shape index (κ1) is 15.7. The molecule has 0 radical (unpaired) electrons. The summed E-state index contributed by atoms with van der Waals surface area (Å²) in [5.74, 6) is 0.226. The SMILES string of the molecule is C[C@H]1CCC2(CCCCC2)CN1C(=O)c1cccc2ccccc12. The van der Waals surface area contributed by atoms with Crippen molar-refractivity contribution in [2.45, 2.75) is 57.9 Å². The summed E-state index contributed by atoms with van der Waals surface area (Å²) in [4.78, 5) is 15.6. The molecule has 1 amide bonds. The van der Waals surface area contributed by atoms with Gasteiger partial charge in [0.15, 0.2) is 0 Å². The first-order chi connectivity index (χ1) is 11.7. The fourth-order valence-electron chi connectivity index (χ4n) is 4.82. The number of amides is 1. The van der Waals surface area contributed by atoms with Crippen molar-refractivity contribution in [3.05, 3.63) is 48.0 Å². The predicted molar refractivity (Wildman–Crippen MR) is 99.2 cm³/mol. The fraction of sp³-hybridized carbons (Fsp3) is 0.500. The van der Waals surface area contributed by atoms with Crippen molar-refractivity contribution in [3.63, 3.8) is 0 Å². The molecule has 1 saturated carbocycles. The molecular weight excluding hydrogens is 294 g/mol. The Hall–Kier alpha value is -1.83. The van der Waals surface area contributed by atoms with Crippen LogP contribution in [0.3, 0.4) is 0 Å². The zero-order valence-electron chi connectivity index (χ0n) is 14.6. The summed E-state index contributed by atoms with van der Waals surface area (Å²) in [5, 5.41) is 2.24. The van der Waals surface area contributed by atoms with Gasteiger partial charge in [-0.1, -0.05) is 55.7 Å². The number of likely N-dealkylation sites (tertiary alicyclic amines) is 1. The van der Waals surface area contributed by atoms with Crippen LogP contribution in [0.2, 0.25) is 0 Å². The Balaban J connectivity index is 1.66. The zero-order valence-corrected chi connectivity index (χ0v) is 14.6. The number of nitrogens with zero attached hydrogens (tertiary/aromatic N) is 1. The van der Waals surface area contributed by atoms with Gasteiger partial charge in [0.2, 0.25) is 0 Å². The minimum Gasteiger partial charge on any atom is -0.335 e. The van der Waals surface area contributed by atoms with Crippen molar-refractivity contribution in [1.82, 2.24) is 4.90 Å². The van der Waals surface area contributed by atoms with Crippen molar-refractivity contribution >= 4 is 16.7 Å². The van der Waals surface area contributed by atoms with E-state index in [1.807, 2.05) is 24.3 Å². The van der Waals surface area contributed by atoms with Crippen LogP contribution in [0.15, 0.2) is 42.5 Å². The molecule has 0 aromatic heterocycles. The quantitative estimate of drug-likeness (QED) is 0.687. The van der Waals surface area contributed by atoms with E-state index in [-0.39, 0.29) is 5.91 Å². The summed E-state index contributed by atoms with van der Waals surface area (Å²) in [6, 6.07) is 14.7. The van der Waals surface area contributed by atoms with E-state index < -0.39 is 0 Å². The van der Waals surface area contributed by atoms with Gasteiger partial charge in [-0.15, -0.1) is 0 Å². The molecule has 2 heteroatoms. The van der Waals surface area contributed by atoms with E-state index >= 15 is 0 Å². The Kier molecular flexibility index (Phi) is 4.07. The molecule has 1 heterocycles. The lowest BCUT2D eigenvalue weighted by Gasteiger charge is -2.48. The highest BCUT2D eigenvalue weighted by atomic mass is 16.2. The molecule has 24 heavy (non-hydrogen) atoms. The van der Waals surface area contributed by atoms with Crippen LogP contribution in [-0.2, 0) is 0 Å². The van der Waals surface area contributed by atoms with Gasteiger partial charge in [-0.05, 0) is 54.9 Å². The Bertz CT molecular complexity index is 739. The van der Waals surface area contributed by atoms with Crippen LogP contribution >= 0.6 is 0 Å². The van der Waals surface area contributed by atoms with Gasteiger partial charge in [0, 0.05) is 18.2 Å². The van der Waals surface area contributed by atoms with E-state index in [0.29, 0.717) is 11.5 Å². The van der Waals surface area contributed by atoms with Gasteiger partial charge >= 0.3 is 0 Å². The first-order valence-corrected chi connectivity index (χ1v) is 9.47. The van der Waals surface area contributed by atoms with E-state index in [2.05, 4.69) is 30.0 Å². The Morgan fingerprint density at radius 2 is 1.75 bits per heavy atom. The van der Waals surface area contributed by atoms with Crippen molar-refractivity contribution in [1.29, 1.82) is 0 Å². The maximum atomic E-state index is 13.4. The second-order valence-electron chi connectivity index (χ2n) is 7.91. The van der Waals surface area contributed by atoms with Crippen molar-refractivity contribution < 1.29 is 4.79 Å². The highest BCUT2D eigenvalue weighted by Gasteiger charge is 2.40. The van der Waals surface area contributed by atoms with Crippen LogP contribution in [0.5, 0.6) is 0 Å². The Labute approximate surface area is 144 Å². The van der Waals surface area contributed by atoms with Crippen LogP contribution in [-0.4, -0.2) is 23.4 Å². The lowest BCUT2D eigenvalue weighted by Crippen LogP contribution is -2.51. The van der Waals surface area contributed by atoms with Crippen molar-refractivity contribution in [3.8, 4) is 0 Å². The van der Waals surface area contributed by atoms with E-state index in [0.717, 1.165) is 29.3 Å². The highest BCUT2D eigenvalue weighted by molar-refractivity contribution is 6.07. The second-order valence-corrected chi connectivity index (χ2v) is 7.91. The summed E-state index contributed by atoms with van der Waals surface area (Å²) in [5.41, 5.74) is 1.26. The van der Waals surface area contributed by atoms with E-state index in [9.17, 15) is 4.79 Å². The number of carbonyl (C=O) groups is 1. The molecular formula is C22H27NO. The molecule has 2 aromatic carbocycles.